The monoisotopic (exact) mass is 274 g/mol. The molecule has 2 N–H and O–H groups in total. The van der Waals surface area contributed by atoms with Crippen LogP contribution in [0.3, 0.4) is 0 Å². The minimum absolute atomic E-state index is 0.281. The van der Waals surface area contributed by atoms with Crippen LogP contribution >= 0.6 is 0 Å². The Balaban J connectivity index is 1.68. The van der Waals surface area contributed by atoms with Crippen molar-refractivity contribution in [3.8, 4) is 0 Å². The van der Waals surface area contributed by atoms with Gasteiger partial charge >= 0.3 is 5.97 Å². The molecule has 0 aromatic carbocycles. The number of carbonyl (C=O) groups is 2. The van der Waals surface area contributed by atoms with E-state index in [1.54, 1.807) is 30.5 Å². The summed E-state index contributed by atoms with van der Waals surface area (Å²) in [6.07, 6.45) is 4.18. The molecule has 0 radical (unpaired) electrons. The first-order valence-corrected chi connectivity index (χ1v) is 6.41. The highest BCUT2D eigenvalue weighted by atomic mass is 16.5. The van der Waals surface area contributed by atoms with Crippen LogP contribution in [0.4, 0.5) is 0 Å². The predicted molar refractivity (Wildman–Crippen MR) is 68.5 cm³/mol. The van der Waals surface area contributed by atoms with Crippen molar-refractivity contribution in [1.29, 1.82) is 0 Å². The average Bonchev–Trinajstić information content (AvgIpc) is 3.06. The molecule has 3 heterocycles. The molecule has 20 heavy (non-hydrogen) atoms. The van der Waals surface area contributed by atoms with Crippen molar-refractivity contribution in [2.75, 3.05) is 0 Å². The van der Waals surface area contributed by atoms with Crippen LogP contribution < -0.4 is 5.32 Å². The van der Waals surface area contributed by atoms with Crippen molar-refractivity contribution in [2.45, 2.75) is 18.8 Å². The highest BCUT2D eigenvalue weighted by Gasteiger charge is 2.53. The molecule has 1 aromatic heterocycles. The molecule has 0 unspecified atom stereocenters. The third-order valence-electron chi connectivity index (χ3n) is 3.66. The molecule has 6 heteroatoms. The van der Waals surface area contributed by atoms with Crippen LogP contribution in [0.2, 0.25) is 0 Å². The van der Waals surface area contributed by atoms with Crippen molar-refractivity contribution < 1.29 is 19.4 Å². The number of nitrogens with one attached hydrogen (secondary N) is 1. The molecule has 3 rings (SSSR count). The van der Waals surface area contributed by atoms with Gasteiger partial charge in [0, 0.05) is 6.20 Å². The molecular formula is C14H14N2O4. The Morgan fingerprint density at radius 2 is 2.00 bits per heavy atom. The third-order valence-corrected chi connectivity index (χ3v) is 3.66. The summed E-state index contributed by atoms with van der Waals surface area (Å²) in [5.74, 6) is -2.79. The lowest BCUT2D eigenvalue weighted by molar-refractivity contribution is -0.146. The standard InChI is InChI=1S/C14H14N2O4/c17-13(16-7-8-3-1-2-6-15-8)11-9-4-5-10(20-9)12(11)14(18)19/h1-6,9-12H,7H2,(H,16,17)(H,18,19)/t9-,10-,11-,12-/m1/s1. The summed E-state index contributed by atoms with van der Waals surface area (Å²) in [5.41, 5.74) is 0.729. The van der Waals surface area contributed by atoms with Crippen molar-refractivity contribution in [1.82, 2.24) is 10.3 Å². The number of hydrogen-bond donors (Lipinski definition) is 2. The van der Waals surface area contributed by atoms with Gasteiger partial charge in [-0.1, -0.05) is 18.2 Å². The Kier molecular flexibility index (Phi) is 3.23. The van der Waals surface area contributed by atoms with Gasteiger partial charge in [-0.05, 0) is 12.1 Å². The minimum atomic E-state index is -1.00. The molecule has 1 aromatic rings. The Bertz CT molecular complexity index is 558. The molecule has 1 amide bonds. The fourth-order valence-corrected chi connectivity index (χ4v) is 2.71. The van der Waals surface area contributed by atoms with Gasteiger partial charge in [0.15, 0.2) is 0 Å². The first kappa shape index (κ1) is 12.8. The maximum absolute atomic E-state index is 12.2. The van der Waals surface area contributed by atoms with Crippen LogP contribution in [-0.4, -0.2) is 34.2 Å². The summed E-state index contributed by atoms with van der Waals surface area (Å²) in [6, 6.07) is 5.42. The molecule has 104 valence electrons. The summed E-state index contributed by atoms with van der Waals surface area (Å²) >= 11 is 0. The normalized spacial score (nSPS) is 30.4. The van der Waals surface area contributed by atoms with Gasteiger partial charge in [-0.15, -0.1) is 0 Å². The second kappa shape index (κ2) is 5.05. The first-order chi connectivity index (χ1) is 9.66. The lowest BCUT2D eigenvalue weighted by atomic mass is 9.82. The number of amides is 1. The SMILES string of the molecule is O=C(O)[C@H]1[C@H](C(=O)NCc2ccccn2)[C@H]2C=C[C@H]1O2. The van der Waals surface area contributed by atoms with Crippen LogP contribution in [0.1, 0.15) is 5.69 Å². The van der Waals surface area contributed by atoms with Gasteiger partial charge in [0.1, 0.15) is 5.92 Å². The summed E-state index contributed by atoms with van der Waals surface area (Å²) in [5, 5.41) is 12.0. The molecule has 6 nitrogen and oxygen atoms in total. The van der Waals surface area contributed by atoms with Crippen molar-refractivity contribution in [2.24, 2.45) is 11.8 Å². The van der Waals surface area contributed by atoms with Crippen molar-refractivity contribution in [3.05, 3.63) is 42.2 Å². The number of carboxylic acids is 1. The molecule has 2 aliphatic heterocycles. The fraction of sp³-hybridized carbons (Fsp3) is 0.357. The molecule has 0 aliphatic carbocycles. The van der Waals surface area contributed by atoms with E-state index < -0.39 is 30.0 Å². The number of carbonyl (C=O) groups excluding carboxylic acids is 1. The number of carboxylic acid groups (broad SMARTS) is 1. The smallest absolute Gasteiger partial charge is 0.310 e. The van der Waals surface area contributed by atoms with Crippen molar-refractivity contribution in [3.63, 3.8) is 0 Å². The first-order valence-electron chi connectivity index (χ1n) is 6.41. The lowest BCUT2D eigenvalue weighted by Gasteiger charge is -2.20. The predicted octanol–water partition coefficient (Wildman–Crippen LogP) is 0.352. The average molecular weight is 274 g/mol. The highest BCUT2D eigenvalue weighted by molar-refractivity contribution is 5.87. The minimum Gasteiger partial charge on any atom is -0.481 e. The third kappa shape index (κ3) is 2.18. The Morgan fingerprint density at radius 1 is 1.25 bits per heavy atom. The number of nitrogens with zero attached hydrogens (tertiary/aromatic N) is 1. The number of aromatic nitrogens is 1. The van der Waals surface area contributed by atoms with E-state index in [9.17, 15) is 14.7 Å². The van der Waals surface area contributed by atoms with E-state index in [1.807, 2.05) is 6.07 Å². The maximum atomic E-state index is 12.2. The molecule has 0 saturated carbocycles. The Hall–Kier alpha value is -2.21. The number of aliphatic carboxylic acids is 1. The zero-order chi connectivity index (χ0) is 14.1. The maximum Gasteiger partial charge on any atom is 0.310 e. The topological polar surface area (TPSA) is 88.5 Å². The van der Waals surface area contributed by atoms with E-state index in [-0.39, 0.29) is 12.5 Å². The zero-order valence-electron chi connectivity index (χ0n) is 10.6. The van der Waals surface area contributed by atoms with E-state index in [0.717, 1.165) is 5.69 Å². The van der Waals surface area contributed by atoms with Crippen LogP contribution in [0.15, 0.2) is 36.5 Å². The number of pyridine rings is 1. The van der Waals surface area contributed by atoms with Gasteiger partial charge in [-0.3, -0.25) is 14.6 Å². The molecule has 4 atom stereocenters. The fourth-order valence-electron chi connectivity index (χ4n) is 2.71. The number of fused-ring (bicyclic) bond motifs is 2. The summed E-state index contributed by atoms with van der Waals surface area (Å²) in [7, 11) is 0. The van der Waals surface area contributed by atoms with Gasteiger partial charge in [-0.2, -0.15) is 0 Å². The second-order valence-electron chi connectivity index (χ2n) is 4.88. The molecule has 2 bridgehead atoms. The molecule has 1 fully saturated rings. The summed E-state index contributed by atoms with van der Waals surface area (Å²) in [4.78, 5) is 27.6. The summed E-state index contributed by atoms with van der Waals surface area (Å²) in [6.45, 7) is 0.281. The largest absolute Gasteiger partial charge is 0.481 e. The Morgan fingerprint density at radius 3 is 2.65 bits per heavy atom. The van der Waals surface area contributed by atoms with Gasteiger partial charge in [-0.25, -0.2) is 0 Å². The van der Waals surface area contributed by atoms with Crippen LogP contribution in [0.5, 0.6) is 0 Å². The van der Waals surface area contributed by atoms with Gasteiger partial charge in [0.25, 0.3) is 0 Å². The number of ether oxygens (including phenoxy) is 1. The van der Waals surface area contributed by atoms with Crippen LogP contribution in [0.25, 0.3) is 0 Å². The number of rotatable bonds is 4. The second-order valence-corrected chi connectivity index (χ2v) is 4.88. The molecular weight excluding hydrogens is 260 g/mol. The zero-order valence-corrected chi connectivity index (χ0v) is 10.6. The van der Waals surface area contributed by atoms with Gasteiger partial charge in [0.05, 0.1) is 30.4 Å². The van der Waals surface area contributed by atoms with Gasteiger partial charge in [0.2, 0.25) is 5.91 Å². The lowest BCUT2D eigenvalue weighted by Crippen LogP contribution is -2.42. The van der Waals surface area contributed by atoms with E-state index in [2.05, 4.69) is 10.3 Å². The van der Waals surface area contributed by atoms with E-state index >= 15 is 0 Å². The summed E-state index contributed by atoms with van der Waals surface area (Å²) < 4.78 is 5.46. The number of hydrogen-bond acceptors (Lipinski definition) is 4. The Labute approximate surface area is 115 Å². The van der Waals surface area contributed by atoms with Crippen LogP contribution in [-0.2, 0) is 20.9 Å². The van der Waals surface area contributed by atoms with Gasteiger partial charge < -0.3 is 15.2 Å². The van der Waals surface area contributed by atoms with Crippen LogP contribution in [0, 0.1) is 11.8 Å². The molecule has 2 aliphatic rings. The van der Waals surface area contributed by atoms with E-state index in [1.165, 1.54) is 0 Å². The van der Waals surface area contributed by atoms with E-state index in [4.69, 9.17) is 4.74 Å². The molecule has 1 saturated heterocycles. The van der Waals surface area contributed by atoms with E-state index in [0.29, 0.717) is 0 Å². The highest BCUT2D eigenvalue weighted by Crippen LogP contribution is 2.39. The molecule has 0 spiro atoms. The van der Waals surface area contributed by atoms with Crippen molar-refractivity contribution >= 4 is 11.9 Å². The quantitative estimate of drug-likeness (QED) is 0.773.